The summed E-state index contributed by atoms with van der Waals surface area (Å²) in [6.45, 7) is 4.92. The summed E-state index contributed by atoms with van der Waals surface area (Å²) < 4.78 is 28.4. The molecule has 0 N–H and O–H groups in total. The summed E-state index contributed by atoms with van der Waals surface area (Å²) in [5.41, 5.74) is 3.51. The topological polar surface area (TPSA) is 21.1 Å². The molecule has 1 aliphatic heterocycles. The van der Waals surface area contributed by atoms with E-state index < -0.39 is 6.43 Å². The number of hydrogen-bond donors (Lipinski definition) is 0. The maximum atomic E-state index is 13.4. The fraction of sp³-hybridized carbons (Fsp3) is 0.471. The van der Waals surface area contributed by atoms with E-state index in [0.717, 1.165) is 36.2 Å². The van der Waals surface area contributed by atoms with Crippen LogP contribution in [-0.4, -0.2) is 23.4 Å². The second kappa shape index (κ2) is 6.90. The Morgan fingerprint density at radius 1 is 1.18 bits per heavy atom. The molecule has 1 aromatic carbocycles. The van der Waals surface area contributed by atoms with Crippen LogP contribution in [0.4, 0.5) is 14.5 Å². The highest BCUT2D eigenvalue weighted by Crippen LogP contribution is 2.38. The van der Waals surface area contributed by atoms with E-state index in [9.17, 15) is 8.78 Å². The third kappa shape index (κ3) is 3.13. The summed E-state index contributed by atoms with van der Waals surface area (Å²) in [6.07, 6.45) is 2.94. The Morgan fingerprint density at radius 2 is 1.91 bits per heavy atom. The minimum absolute atomic E-state index is 0.0884. The normalized spacial score (nSPS) is 13.7. The van der Waals surface area contributed by atoms with E-state index in [1.807, 2.05) is 27.0 Å². The zero-order valence-electron chi connectivity index (χ0n) is 13.6. The number of alkyl halides is 2. The van der Waals surface area contributed by atoms with Crippen LogP contribution in [-0.2, 0) is 13.5 Å². The molecule has 1 aliphatic rings. The highest BCUT2D eigenvalue weighted by molar-refractivity contribution is 5.73. The first kappa shape index (κ1) is 16.5. The lowest BCUT2D eigenvalue weighted by Crippen LogP contribution is -2.25. The minimum atomic E-state index is -2.48. The predicted octanol–water partition coefficient (Wildman–Crippen LogP) is 4.43. The van der Waals surface area contributed by atoms with Gasteiger partial charge in [-0.25, -0.2) is 8.78 Å². The maximum absolute atomic E-state index is 13.4. The number of benzene rings is 1. The third-order valence-corrected chi connectivity index (χ3v) is 3.85. The van der Waals surface area contributed by atoms with Crippen molar-refractivity contribution in [1.29, 1.82) is 0 Å². The van der Waals surface area contributed by atoms with Crippen LogP contribution in [0.15, 0.2) is 24.5 Å². The largest absolute Gasteiger partial charge is 0.374 e. The molecular weight excluding hydrogens is 284 g/mol. The Bertz CT molecular complexity index is 635. The van der Waals surface area contributed by atoms with Crippen molar-refractivity contribution in [3.63, 3.8) is 0 Å². The van der Waals surface area contributed by atoms with Crippen molar-refractivity contribution in [2.45, 2.75) is 33.1 Å². The number of rotatable bonds is 2. The van der Waals surface area contributed by atoms with Crippen molar-refractivity contribution in [3.8, 4) is 11.1 Å². The van der Waals surface area contributed by atoms with Crippen LogP contribution in [0, 0.1) is 0 Å². The molecule has 2 heterocycles. The van der Waals surface area contributed by atoms with Crippen LogP contribution in [0.3, 0.4) is 0 Å². The molecule has 0 fully saturated rings. The van der Waals surface area contributed by atoms with Gasteiger partial charge in [0.25, 0.3) is 6.43 Å². The van der Waals surface area contributed by atoms with E-state index in [4.69, 9.17) is 0 Å². The average Bonchev–Trinajstić information content (AvgIpc) is 2.95. The van der Waals surface area contributed by atoms with Crippen LogP contribution in [0.5, 0.6) is 0 Å². The molecule has 0 saturated heterocycles. The van der Waals surface area contributed by atoms with Crippen molar-refractivity contribution in [1.82, 2.24) is 9.78 Å². The van der Waals surface area contributed by atoms with Crippen molar-refractivity contribution in [2.24, 2.45) is 7.05 Å². The third-order valence-electron chi connectivity index (χ3n) is 3.85. The Morgan fingerprint density at radius 3 is 2.50 bits per heavy atom. The lowest BCUT2D eigenvalue weighted by Gasteiger charge is -2.29. The van der Waals surface area contributed by atoms with Crippen LogP contribution in [0.2, 0.25) is 0 Å². The van der Waals surface area contributed by atoms with E-state index in [-0.39, 0.29) is 5.56 Å². The smallest absolute Gasteiger partial charge is 0.264 e. The first-order valence-electron chi connectivity index (χ1n) is 7.71. The fourth-order valence-corrected chi connectivity index (χ4v) is 2.82. The zero-order valence-corrected chi connectivity index (χ0v) is 13.6. The summed E-state index contributed by atoms with van der Waals surface area (Å²) in [5, 5.41) is 4.08. The molecule has 0 amide bonds. The first-order valence-corrected chi connectivity index (χ1v) is 7.71. The van der Waals surface area contributed by atoms with Gasteiger partial charge in [-0.15, -0.1) is 0 Å². The van der Waals surface area contributed by atoms with Gasteiger partial charge < -0.3 is 4.90 Å². The second-order valence-corrected chi connectivity index (χ2v) is 5.30. The number of fused-ring (bicyclic) bond motifs is 1. The molecule has 0 aliphatic carbocycles. The van der Waals surface area contributed by atoms with Crippen molar-refractivity contribution in [3.05, 3.63) is 35.7 Å². The lowest BCUT2D eigenvalue weighted by atomic mass is 9.93. The highest BCUT2D eigenvalue weighted by atomic mass is 19.3. The molecule has 0 radical (unpaired) electrons. The summed E-state index contributed by atoms with van der Waals surface area (Å²) in [4.78, 5) is 2.05. The number of aromatic nitrogens is 2. The van der Waals surface area contributed by atoms with Crippen molar-refractivity contribution in [2.75, 3.05) is 18.5 Å². The monoisotopic (exact) mass is 307 g/mol. The van der Waals surface area contributed by atoms with Gasteiger partial charge in [0.15, 0.2) is 0 Å². The number of nitrogens with zero attached hydrogens (tertiary/aromatic N) is 3. The second-order valence-electron chi connectivity index (χ2n) is 5.30. The number of anilines is 1. The molecule has 120 valence electrons. The SMILES string of the molecule is CC.CN1CCCc2cc(-c3cnn(C)c3)c(C(F)F)cc21. The Labute approximate surface area is 130 Å². The van der Waals surface area contributed by atoms with Gasteiger partial charge in [0.1, 0.15) is 0 Å². The molecule has 0 bridgehead atoms. The molecule has 22 heavy (non-hydrogen) atoms. The molecule has 0 atom stereocenters. The predicted molar refractivity (Wildman–Crippen MR) is 86.5 cm³/mol. The summed E-state index contributed by atoms with van der Waals surface area (Å²) in [6, 6.07) is 3.55. The van der Waals surface area contributed by atoms with Crippen molar-refractivity contribution < 1.29 is 8.78 Å². The summed E-state index contributed by atoms with van der Waals surface area (Å²) in [7, 11) is 3.74. The van der Waals surface area contributed by atoms with Crippen LogP contribution in [0.25, 0.3) is 11.1 Å². The van der Waals surface area contributed by atoms with Crippen LogP contribution < -0.4 is 4.90 Å². The average molecular weight is 307 g/mol. The van der Waals surface area contributed by atoms with Gasteiger partial charge in [-0.3, -0.25) is 4.68 Å². The van der Waals surface area contributed by atoms with Gasteiger partial charge in [0.05, 0.1) is 6.20 Å². The van der Waals surface area contributed by atoms with Gasteiger partial charge >= 0.3 is 0 Å². The Kier molecular flexibility index (Phi) is 5.16. The van der Waals surface area contributed by atoms with E-state index in [0.29, 0.717) is 5.56 Å². The molecular formula is C17H23F2N3. The maximum Gasteiger partial charge on any atom is 0.264 e. The summed E-state index contributed by atoms with van der Waals surface area (Å²) >= 11 is 0. The van der Waals surface area contributed by atoms with Gasteiger partial charge in [-0.2, -0.15) is 5.10 Å². The van der Waals surface area contributed by atoms with Gasteiger partial charge in [0.2, 0.25) is 0 Å². The minimum Gasteiger partial charge on any atom is -0.374 e. The van der Waals surface area contributed by atoms with Gasteiger partial charge in [0, 0.05) is 43.7 Å². The molecule has 1 aromatic heterocycles. The molecule has 3 rings (SSSR count). The van der Waals surface area contributed by atoms with E-state index >= 15 is 0 Å². The quantitative estimate of drug-likeness (QED) is 0.818. The fourth-order valence-electron chi connectivity index (χ4n) is 2.82. The first-order chi connectivity index (χ1) is 10.6. The molecule has 5 heteroatoms. The van der Waals surface area contributed by atoms with E-state index in [1.54, 1.807) is 30.2 Å². The van der Waals surface area contributed by atoms with Crippen LogP contribution in [0.1, 0.15) is 37.8 Å². The van der Waals surface area contributed by atoms with Gasteiger partial charge in [-0.05, 0) is 36.1 Å². The molecule has 0 saturated carbocycles. The number of hydrogen-bond acceptors (Lipinski definition) is 2. The van der Waals surface area contributed by atoms with E-state index in [1.165, 1.54) is 0 Å². The molecule has 0 spiro atoms. The van der Waals surface area contributed by atoms with Crippen LogP contribution >= 0.6 is 0 Å². The highest BCUT2D eigenvalue weighted by Gasteiger charge is 2.22. The Hall–Kier alpha value is -1.91. The van der Waals surface area contributed by atoms with Crippen molar-refractivity contribution >= 4 is 5.69 Å². The zero-order chi connectivity index (χ0) is 16.3. The molecule has 3 nitrogen and oxygen atoms in total. The molecule has 0 unspecified atom stereocenters. The van der Waals surface area contributed by atoms with E-state index in [2.05, 4.69) is 10.00 Å². The lowest BCUT2D eigenvalue weighted by molar-refractivity contribution is 0.152. The number of aryl methyl sites for hydroxylation is 2. The Balaban J connectivity index is 0.000000847. The standard InChI is InChI=1S/C15H17F2N3.C2H6/c1-19-5-3-4-10-6-12(11-8-18-20(2)9-11)13(15(16)17)7-14(10)19;1-2/h6-9,15H,3-5H2,1-2H3;1-2H3. The summed E-state index contributed by atoms with van der Waals surface area (Å²) in [5.74, 6) is 0. The number of halogens is 2. The van der Waals surface area contributed by atoms with Gasteiger partial charge in [-0.1, -0.05) is 13.8 Å². The molecule has 2 aromatic rings.